The van der Waals surface area contributed by atoms with Crippen molar-refractivity contribution in [3.8, 4) is 10.6 Å². The molecular formula is C14H16N2O2S2. The Labute approximate surface area is 123 Å². The van der Waals surface area contributed by atoms with Crippen molar-refractivity contribution in [3.63, 3.8) is 0 Å². The highest BCUT2D eigenvalue weighted by Crippen LogP contribution is 2.38. The molecule has 0 amide bonds. The molecule has 0 unspecified atom stereocenters. The summed E-state index contributed by atoms with van der Waals surface area (Å²) in [6, 6.07) is 9.91. The number of hydrogen-bond donors (Lipinski definition) is 0. The van der Waals surface area contributed by atoms with Gasteiger partial charge in [0.1, 0.15) is 10.0 Å². The molecule has 106 valence electrons. The van der Waals surface area contributed by atoms with E-state index in [0.29, 0.717) is 6.54 Å². The maximum Gasteiger partial charge on any atom is 0.232 e. The van der Waals surface area contributed by atoms with Gasteiger partial charge in [-0.3, -0.25) is 4.31 Å². The molecule has 0 atom stereocenters. The third-order valence-electron chi connectivity index (χ3n) is 3.35. The third kappa shape index (κ3) is 2.58. The summed E-state index contributed by atoms with van der Waals surface area (Å²) >= 11 is 1.47. The summed E-state index contributed by atoms with van der Waals surface area (Å²) in [5.41, 5.74) is 1.95. The summed E-state index contributed by atoms with van der Waals surface area (Å²) in [5, 5.41) is 1.69. The summed E-state index contributed by atoms with van der Waals surface area (Å²) < 4.78 is 25.4. The van der Waals surface area contributed by atoms with Crippen LogP contribution in [0.3, 0.4) is 0 Å². The maximum absolute atomic E-state index is 12.0. The van der Waals surface area contributed by atoms with Crippen LogP contribution < -0.4 is 4.31 Å². The molecule has 0 saturated carbocycles. The molecule has 0 bridgehead atoms. The normalized spacial score (nSPS) is 15.8. The number of hydrogen-bond acceptors (Lipinski definition) is 4. The van der Waals surface area contributed by atoms with E-state index >= 15 is 0 Å². The van der Waals surface area contributed by atoms with E-state index in [2.05, 4.69) is 4.98 Å². The van der Waals surface area contributed by atoms with Crippen molar-refractivity contribution in [2.75, 3.05) is 17.1 Å². The van der Waals surface area contributed by atoms with Crippen LogP contribution in [0.15, 0.2) is 30.3 Å². The van der Waals surface area contributed by atoms with E-state index in [1.807, 2.05) is 30.3 Å². The number of thiazole rings is 1. The van der Waals surface area contributed by atoms with Crippen molar-refractivity contribution in [1.29, 1.82) is 0 Å². The van der Waals surface area contributed by atoms with E-state index in [4.69, 9.17) is 0 Å². The van der Waals surface area contributed by atoms with Gasteiger partial charge < -0.3 is 0 Å². The molecule has 0 radical (unpaired) electrons. The largest absolute Gasteiger partial charge is 0.259 e. The van der Waals surface area contributed by atoms with Crippen LogP contribution in [-0.4, -0.2) is 26.2 Å². The van der Waals surface area contributed by atoms with Crippen LogP contribution in [0.25, 0.3) is 10.6 Å². The average molecular weight is 308 g/mol. The molecule has 1 aromatic heterocycles. The van der Waals surface area contributed by atoms with Crippen molar-refractivity contribution in [2.24, 2.45) is 0 Å². The molecule has 6 heteroatoms. The number of sulfonamides is 1. The second kappa shape index (κ2) is 5.18. The number of rotatable bonds is 2. The van der Waals surface area contributed by atoms with Gasteiger partial charge in [-0.05, 0) is 19.3 Å². The van der Waals surface area contributed by atoms with Gasteiger partial charge in [0.25, 0.3) is 0 Å². The first-order valence-electron chi connectivity index (χ1n) is 6.58. The molecule has 4 nitrogen and oxygen atoms in total. The Bertz CT molecular complexity index is 708. The van der Waals surface area contributed by atoms with Crippen LogP contribution >= 0.6 is 11.3 Å². The Morgan fingerprint density at radius 1 is 1.20 bits per heavy atom. The first-order valence-corrected chi connectivity index (χ1v) is 9.25. The fourth-order valence-electron chi connectivity index (χ4n) is 2.37. The molecule has 1 aliphatic rings. The topological polar surface area (TPSA) is 50.3 Å². The van der Waals surface area contributed by atoms with Crippen LogP contribution in [0.5, 0.6) is 0 Å². The van der Waals surface area contributed by atoms with Gasteiger partial charge in [0.2, 0.25) is 10.0 Å². The van der Waals surface area contributed by atoms with Crippen LogP contribution in [0.2, 0.25) is 0 Å². The third-order valence-corrected chi connectivity index (χ3v) is 5.80. The van der Waals surface area contributed by atoms with Crippen LogP contribution in [0, 0.1) is 0 Å². The fraction of sp³-hybridized carbons (Fsp3) is 0.357. The van der Waals surface area contributed by atoms with Gasteiger partial charge >= 0.3 is 0 Å². The predicted molar refractivity (Wildman–Crippen MR) is 82.7 cm³/mol. The molecule has 2 heterocycles. The highest BCUT2D eigenvalue weighted by molar-refractivity contribution is 7.92. The number of fused-ring (bicyclic) bond motifs is 1. The quantitative estimate of drug-likeness (QED) is 0.857. The molecule has 0 fully saturated rings. The SMILES string of the molecule is CS(=O)(=O)N1CCCCc2nc(-c3ccccc3)sc21. The minimum atomic E-state index is -3.23. The number of nitrogens with zero attached hydrogens (tertiary/aromatic N) is 2. The number of aromatic nitrogens is 1. The van der Waals surface area contributed by atoms with E-state index in [1.54, 1.807) is 0 Å². The van der Waals surface area contributed by atoms with Gasteiger partial charge in [0, 0.05) is 12.1 Å². The molecule has 0 aliphatic carbocycles. The molecule has 1 aromatic carbocycles. The van der Waals surface area contributed by atoms with E-state index in [1.165, 1.54) is 21.9 Å². The molecule has 0 N–H and O–H groups in total. The second-order valence-electron chi connectivity index (χ2n) is 4.93. The number of anilines is 1. The van der Waals surface area contributed by atoms with Crippen molar-refractivity contribution in [2.45, 2.75) is 19.3 Å². The van der Waals surface area contributed by atoms with Gasteiger partial charge in [-0.25, -0.2) is 13.4 Å². The Morgan fingerprint density at radius 2 is 1.95 bits per heavy atom. The van der Waals surface area contributed by atoms with Crippen LogP contribution in [0.1, 0.15) is 18.5 Å². The molecular weight excluding hydrogens is 292 g/mol. The van der Waals surface area contributed by atoms with Gasteiger partial charge in [-0.15, -0.1) is 0 Å². The first-order chi connectivity index (χ1) is 9.55. The molecule has 1 aliphatic heterocycles. The van der Waals surface area contributed by atoms with Crippen molar-refractivity contribution in [3.05, 3.63) is 36.0 Å². The first kappa shape index (κ1) is 13.6. The van der Waals surface area contributed by atoms with E-state index in [9.17, 15) is 8.42 Å². The number of aryl methyl sites for hydroxylation is 1. The molecule has 0 spiro atoms. The average Bonchev–Trinajstić information content (AvgIpc) is 2.72. The monoisotopic (exact) mass is 308 g/mol. The Balaban J connectivity index is 2.08. The lowest BCUT2D eigenvalue weighted by Crippen LogP contribution is -2.29. The van der Waals surface area contributed by atoms with E-state index in [0.717, 1.165) is 40.5 Å². The molecule has 3 rings (SSSR count). The van der Waals surface area contributed by atoms with Crippen molar-refractivity contribution < 1.29 is 8.42 Å². The highest BCUT2D eigenvalue weighted by Gasteiger charge is 2.26. The van der Waals surface area contributed by atoms with Crippen molar-refractivity contribution in [1.82, 2.24) is 4.98 Å². The fourth-order valence-corrected chi connectivity index (χ4v) is 4.81. The maximum atomic E-state index is 12.0. The Kier molecular flexibility index (Phi) is 3.52. The molecule has 0 saturated heterocycles. The standard InChI is InChI=1S/C14H16N2O2S2/c1-20(17,18)16-10-6-5-9-12-14(16)19-13(15-12)11-7-3-2-4-8-11/h2-4,7-8H,5-6,9-10H2,1H3. The van der Waals surface area contributed by atoms with Crippen molar-refractivity contribution >= 4 is 26.4 Å². The minimum absolute atomic E-state index is 0.558. The summed E-state index contributed by atoms with van der Waals surface area (Å²) in [6.45, 7) is 0.558. The predicted octanol–water partition coefficient (Wildman–Crippen LogP) is 2.91. The second-order valence-corrected chi connectivity index (χ2v) is 7.81. The molecule has 2 aromatic rings. The molecule has 20 heavy (non-hydrogen) atoms. The van der Waals surface area contributed by atoms with Gasteiger partial charge in [0.15, 0.2) is 0 Å². The smallest absolute Gasteiger partial charge is 0.232 e. The Hall–Kier alpha value is -1.40. The van der Waals surface area contributed by atoms with E-state index < -0.39 is 10.0 Å². The lowest BCUT2D eigenvalue weighted by molar-refractivity contribution is 0.595. The number of benzene rings is 1. The van der Waals surface area contributed by atoms with Crippen LogP contribution in [-0.2, 0) is 16.4 Å². The summed E-state index contributed by atoms with van der Waals surface area (Å²) in [4.78, 5) is 4.66. The highest BCUT2D eigenvalue weighted by atomic mass is 32.2. The lowest BCUT2D eigenvalue weighted by atomic mass is 10.2. The zero-order valence-corrected chi connectivity index (χ0v) is 12.9. The minimum Gasteiger partial charge on any atom is -0.259 e. The summed E-state index contributed by atoms with van der Waals surface area (Å²) in [7, 11) is -3.23. The lowest BCUT2D eigenvalue weighted by Gasteiger charge is -2.18. The van der Waals surface area contributed by atoms with E-state index in [-0.39, 0.29) is 0 Å². The zero-order chi connectivity index (χ0) is 14.2. The summed E-state index contributed by atoms with van der Waals surface area (Å²) in [6.07, 6.45) is 3.99. The Morgan fingerprint density at radius 3 is 2.65 bits per heavy atom. The van der Waals surface area contributed by atoms with Gasteiger partial charge in [0.05, 0.1) is 11.9 Å². The van der Waals surface area contributed by atoms with Crippen LogP contribution in [0.4, 0.5) is 5.00 Å². The van der Waals surface area contributed by atoms with Gasteiger partial charge in [-0.2, -0.15) is 0 Å². The zero-order valence-electron chi connectivity index (χ0n) is 11.2. The van der Waals surface area contributed by atoms with Gasteiger partial charge in [-0.1, -0.05) is 41.7 Å². The summed E-state index contributed by atoms with van der Waals surface area (Å²) in [5.74, 6) is 0.